The van der Waals surface area contributed by atoms with E-state index in [1.54, 1.807) is 0 Å². The number of aliphatic hydroxyl groups is 1. The van der Waals surface area contributed by atoms with E-state index in [-0.39, 0.29) is 25.1 Å². The number of carboxylic acids is 1. The summed E-state index contributed by atoms with van der Waals surface area (Å²) < 4.78 is 0. The fraction of sp³-hybridized carbons (Fsp3) is 0.364. The summed E-state index contributed by atoms with van der Waals surface area (Å²) in [4.78, 5) is 26.5. The second-order valence-corrected chi connectivity index (χ2v) is 3.62. The van der Waals surface area contributed by atoms with Gasteiger partial charge in [-0.25, -0.2) is 4.79 Å². The van der Waals surface area contributed by atoms with E-state index in [1.807, 2.05) is 0 Å². The molecule has 0 aromatic carbocycles. The van der Waals surface area contributed by atoms with Gasteiger partial charge in [-0.05, 0) is 12.1 Å². The number of carbonyl (C=O) groups excluding carboxylic acids is 1. The van der Waals surface area contributed by atoms with Crippen LogP contribution in [-0.2, 0) is 11.3 Å². The first-order valence-corrected chi connectivity index (χ1v) is 5.38. The van der Waals surface area contributed by atoms with Gasteiger partial charge in [0.25, 0.3) is 5.91 Å². The molecule has 1 heterocycles. The maximum atomic E-state index is 11.8. The van der Waals surface area contributed by atoms with E-state index in [1.165, 1.54) is 18.3 Å². The summed E-state index contributed by atoms with van der Waals surface area (Å²) in [7, 11) is 0. The molecule has 0 fully saturated rings. The molecule has 18 heavy (non-hydrogen) atoms. The summed E-state index contributed by atoms with van der Waals surface area (Å²) in [6.45, 7) is -0.123. The number of carbonyl (C=O) groups is 2. The maximum absolute atomic E-state index is 11.8. The molecule has 0 aliphatic heterocycles. The number of hydrogen-bond acceptors (Lipinski definition) is 5. The van der Waals surface area contributed by atoms with Crippen LogP contribution in [0.3, 0.4) is 0 Å². The van der Waals surface area contributed by atoms with Crippen molar-refractivity contribution in [1.29, 1.82) is 0 Å². The van der Waals surface area contributed by atoms with Gasteiger partial charge in [-0.15, -0.1) is 0 Å². The summed E-state index contributed by atoms with van der Waals surface area (Å²) >= 11 is 0. The normalized spacial score (nSPS) is 11.9. The predicted molar refractivity (Wildman–Crippen MR) is 62.7 cm³/mol. The predicted octanol–water partition coefficient (Wildman–Crippen LogP) is -0.894. The molecular formula is C11H15N3O4. The number of nitrogens with one attached hydrogen (secondary N) is 1. The van der Waals surface area contributed by atoms with E-state index in [2.05, 4.69) is 10.3 Å². The number of nitrogens with zero attached hydrogens (tertiary/aromatic N) is 1. The highest BCUT2D eigenvalue weighted by atomic mass is 16.4. The molecule has 0 aliphatic carbocycles. The first-order chi connectivity index (χ1) is 8.58. The molecule has 5 N–H and O–H groups in total. The van der Waals surface area contributed by atoms with Gasteiger partial charge in [0.05, 0.1) is 5.69 Å². The molecule has 0 aliphatic rings. The highest BCUT2D eigenvalue weighted by Crippen LogP contribution is 2.03. The van der Waals surface area contributed by atoms with E-state index in [4.69, 9.17) is 15.9 Å². The third-order valence-electron chi connectivity index (χ3n) is 2.31. The van der Waals surface area contributed by atoms with Crippen molar-refractivity contribution in [2.75, 3.05) is 6.61 Å². The van der Waals surface area contributed by atoms with Gasteiger partial charge in [0.15, 0.2) is 0 Å². The van der Waals surface area contributed by atoms with Crippen molar-refractivity contribution in [2.45, 2.75) is 19.0 Å². The minimum atomic E-state index is -1.19. The molecule has 1 amide bonds. The number of pyridine rings is 1. The van der Waals surface area contributed by atoms with Crippen molar-refractivity contribution in [2.24, 2.45) is 5.73 Å². The monoisotopic (exact) mass is 253 g/mol. The number of aliphatic carboxylic acids is 1. The summed E-state index contributed by atoms with van der Waals surface area (Å²) in [5.74, 6) is -1.72. The summed E-state index contributed by atoms with van der Waals surface area (Å²) in [5.41, 5.74) is 6.22. The van der Waals surface area contributed by atoms with Gasteiger partial charge in [0.2, 0.25) is 0 Å². The van der Waals surface area contributed by atoms with Crippen molar-refractivity contribution in [3.63, 3.8) is 0 Å². The lowest BCUT2D eigenvalue weighted by Crippen LogP contribution is -2.41. The number of aromatic nitrogens is 1. The highest BCUT2D eigenvalue weighted by Gasteiger charge is 2.20. The van der Waals surface area contributed by atoms with Crippen LogP contribution in [-0.4, -0.2) is 39.7 Å². The minimum Gasteiger partial charge on any atom is -0.480 e. The number of amides is 1. The number of aliphatic hydroxyl groups excluding tert-OH is 1. The fourth-order valence-electron chi connectivity index (χ4n) is 1.36. The van der Waals surface area contributed by atoms with Crippen LogP contribution in [0.2, 0.25) is 0 Å². The van der Waals surface area contributed by atoms with Gasteiger partial charge in [-0.1, -0.05) is 0 Å². The average molecular weight is 253 g/mol. The highest BCUT2D eigenvalue weighted by molar-refractivity contribution is 5.96. The molecule has 1 rings (SSSR count). The van der Waals surface area contributed by atoms with Gasteiger partial charge in [-0.2, -0.15) is 0 Å². The molecule has 0 saturated carbocycles. The van der Waals surface area contributed by atoms with Gasteiger partial charge in [0.1, 0.15) is 6.04 Å². The van der Waals surface area contributed by atoms with Crippen LogP contribution in [0.15, 0.2) is 18.3 Å². The molecule has 0 saturated heterocycles. The molecule has 98 valence electrons. The van der Waals surface area contributed by atoms with E-state index >= 15 is 0 Å². The van der Waals surface area contributed by atoms with Crippen molar-refractivity contribution in [3.8, 4) is 0 Å². The van der Waals surface area contributed by atoms with Crippen LogP contribution in [0.25, 0.3) is 0 Å². The number of nitrogens with two attached hydrogens (primary N) is 1. The summed E-state index contributed by atoms with van der Waals surface area (Å²) in [6.07, 6.45) is 1.38. The molecular weight excluding hydrogens is 238 g/mol. The lowest BCUT2D eigenvalue weighted by Gasteiger charge is -2.13. The Kier molecular flexibility index (Phi) is 5.22. The molecule has 1 aromatic rings. The number of hydrogen-bond donors (Lipinski definition) is 4. The molecule has 1 atom stereocenters. The van der Waals surface area contributed by atoms with Crippen LogP contribution in [0.5, 0.6) is 0 Å². The van der Waals surface area contributed by atoms with E-state index in [0.29, 0.717) is 5.69 Å². The molecule has 7 nitrogen and oxygen atoms in total. The first-order valence-electron chi connectivity index (χ1n) is 5.38. The van der Waals surface area contributed by atoms with Crippen molar-refractivity contribution >= 4 is 11.9 Å². The van der Waals surface area contributed by atoms with E-state index < -0.39 is 17.9 Å². The largest absolute Gasteiger partial charge is 0.480 e. The zero-order valence-corrected chi connectivity index (χ0v) is 9.67. The van der Waals surface area contributed by atoms with Crippen LogP contribution in [0.4, 0.5) is 0 Å². The smallest absolute Gasteiger partial charge is 0.326 e. The number of rotatable bonds is 6. The molecule has 0 spiro atoms. The van der Waals surface area contributed by atoms with E-state index in [9.17, 15) is 9.59 Å². The second-order valence-electron chi connectivity index (χ2n) is 3.62. The lowest BCUT2D eigenvalue weighted by molar-refractivity contribution is -0.139. The van der Waals surface area contributed by atoms with Gasteiger partial charge < -0.3 is 21.3 Å². The average Bonchev–Trinajstić information content (AvgIpc) is 2.38. The Morgan fingerprint density at radius 1 is 1.50 bits per heavy atom. The Labute approximate surface area is 104 Å². The zero-order chi connectivity index (χ0) is 13.5. The minimum absolute atomic E-state index is 0.0457. The Balaban J connectivity index is 2.76. The Morgan fingerprint density at radius 3 is 2.78 bits per heavy atom. The van der Waals surface area contributed by atoms with Crippen LogP contribution < -0.4 is 11.1 Å². The molecule has 1 aromatic heterocycles. The first kappa shape index (κ1) is 14.1. The zero-order valence-electron chi connectivity index (χ0n) is 9.67. The Morgan fingerprint density at radius 2 is 2.22 bits per heavy atom. The standard InChI is InChI=1S/C11H15N3O4/c12-6-8-5-7(1-3-13-8)10(16)14-9(2-4-15)11(17)18/h1,3,5,9,15H,2,4,6,12H2,(H,14,16)(H,17,18)/t9-/m0/s1. The van der Waals surface area contributed by atoms with Crippen LogP contribution in [0.1, 0.15) is 22.5 Å². The molecule has 0 bridgehead atoms. The van der Waals surface area contributed by atoms with Crippen molar-refractivity contribution < 1.29 is 19.8 Å². The summed E-state index contributed by atoms with van der Waals surface area (Å²) in [5, 5.41) is 19.9. The third kappa shape index (κ3) is 3.79. The van der Waals surface area contributed by atoms with Crippen molar-refractivity contribution in [3.05, 3.63) is 29.6 Å². The lowest BCUT2D eigenvalue weighted by atomic mass is 10.1. The van der Waals surface area contributed by atoms with Crippen molar-refractivity contribution in [1.82, 2.24) is 10.3 Å². The quantitative estimate of drug-likeness (QED) is 0.521. The molecule has 0 unspecified atom stereocenters. The number of carboxylic acid groups (broad SMARTS) is 1. The molecule has 7 heteroatoms. The third-order valence-corrected chi connectivity index (χ3v) is 2.31. The van der Waals surface area contributed by atoms with E-state index in [0.717, 1.165) is 0 Å². The van der Waals surface area contributed by atoms with Gasteiger partial charge >= 0.3 is 5.97 Å². The SMILES string of the molecule is NCc1cc(C(=O)N[C@@H](CCO)C(=O)O)ccn1. The maximum Gasteiger partial charge on any atom is 0.326 e. The Hall–Kier alpha value is -1.99. The van der Waals surface area contributed by atoms with Gasteiger partial charge in [0, 0.05) is 31.3 Å². The van der Waals surface area contributed by atoms with Crippen LogP contribution >= 0.6 is 0 Å². The fourth-order valence-corrected chi connectivity index (χ4v) is 1.36. The molecule has 0 radical (unpaired) electrons. The topological polar surface area (TPSA) is 126 Å². The van der Waals surface area contributed by atoms with Crippen LogP contribution in [0, 0.1) is 0 Å². The summed E-state index contributed by atoms with van der Waals surface area (Å²) in [6, 6.07) is 1.84. The van der Waals surface area contributed by atoms with Gasteiger partial charge in [-0.3, -0.25) is 9.78 Å². The Bertz CT molecular complexity index is 436. The second kappa shape index (κ2) is 6.67.